The molecule has 0 fully saturated rings. The van der Waals surface area contributed by atoms with Crippen molar-refractivity contribution in [3.63, 3.8) is 0 Å². The third-order valence-corrected chi connectivity index (χ3v) is 7.40. The SMILES string of the molecule is CC/C=C/CCCCCCCC/C=C\CCCC.CCCCCCCCCOCOCOCCCCCCCCC. The Hall–Kier alpha value is -0.640. The Bertz CT molecular complexity index is 454. The smallest absolute Gasteiger partial charge is 0.149 e. The summed E-state index contributed by atoms with van der Waals surface area (Å²) in [6.07, 6.45) is 44.0. The third-order valence-electron chi connectivity index (χ3n) is 7.40. The fraction of sp³-hybridized carbons (Fsp3) is 0.895. The van der Waals surface area contributed by atoms with E-state index in [-0.39, 0.29) is 0 Å². The van der Waals surface area contributed by atoms with Crippen LogP contribution in [0.2, 0.25) is 0 Å². The Labute approximate surface area is 259 Å². The Morgan fingerprint density at radius 3 is 1.07 bits per heavy atom. The van der Waals surface area contributed by atoms with Crippen LogP contribution in [0.5, 0.6) is 0 Å². The van der Waals surface area contributed by atoms with Gasteiger partial charge in [0.2, 0.25) is 0 Å². The molecule has 246 valence electrons. The van der Waals surface area contributed by atoms with E-state index in [1.54, 1.807) is 0 Å². The Kier molecular flexibility index (Phi) is 45.4. The van der Waals surface area contributed by atoms with Crippen molar-refractivity contribution < 1.29 is 14.2 Å². The summed E-state index contributed by atoms with van der Waals surface area (Å²) in [6, 6.07) is 0. The summed E-state index contributed by atoms with van der Waals surface area (Å²) >= 11 is 0. The number of rotatable bonds is 33. The van der Waals surface area contributed by atoms with Crippen LogP contribution in [0.4, 0.5) is 0 Å². The summed E-state index contributed by atoms with van der Waals surface area (Å²) in [4.78, 5) is 0. The molecule has 0 radical (unpaired) electrons. The summed E-state index contributed by atoms with van der Waals surface area (Å²) in [6.45, 7) is 11.3. The second-order valence-corrected chi connectivity index (χ2v) is 11.7. The minimum absolute atomic E-state index is 0.368. The van der Waals surface area contributed by atoms with Crippen molar-refractivity contribution in [2.75, 3.05) is 26.8 Å². The highest BCUT2D eigenvalue weighted by Crippen LogP contribution is 2.10. The van der Waals surface area contributed by atoms with E-state index < -0.39 is 0 Å². The van der Waals surface area contributed by atoms with Gasteiger partial charge in [-0.15, -0.1) is 0 Å². The van der Waals surface area contributed by atoms with Crippen LogP contribution in [-0.4, -0.2) is 26.8 Å². The van der Waals surface area contributed by atoms with E-state index in [1.807, 2.05) is 0 Å². The van der Waals surface area contributed by atoms with Crippen LogP contribution in [0.1, 0.15) is 195 Å². The number of ether oxygens (including phenoxy) is 3. The van der Waals surface area contributed by atoms with Crippen LogP contribution >= 0.6 is 0 Å². The van der Waals surface area contributed by atoms with Crippen LogP contribution in [0.15, 0.2) is 24.3 Å². The van der Waals surface area contributed by atoms with Crippen molar-refractivity contribution in [1.82, 2.24) is 0 Å². The molecule has 0 N–H and O–H groups in total. The molecule has 0 aliphatic heterocycles. The van der Waals surface area contributed by atoms with Crippen LogP contribution in [0, 0.1) is 0 Å². The zero-order chi connectivity index (χ0) is 30.2. The molecule has 0 spiro atoms. The molecule has 41 heavy (non-hydrogen) atoms. The van der Waals surface area contributed by atoms with E-state index >= 15 is 0 Å². The van der Waals surface area contributed by atoms with Gasteiger partial charge in [-0.3, -0.25) is 0 Å². The van der Waals surface area contributed by atoms with Gasteiger partial charge in [0.1, 0.15) is 13.6 Å². The minimum atomic E-state index is 0.368. The van der Waals surface area contributed by atoms with E-state index in [1.165, 1.54) is 154 Å². The zero-order valence-corrected chi connectivity index (χ0v) is 28.7. The predicted molar refractivity (Wildman–Crippen MR) is 184 cm³/mol. The van der Waals surface area contributed by atoms with Gasteiger partial charge in [-0.1, -0.05) is 168 Å². The molecule has 0 rings (SSSR count). The summed E-state index contributed by atoms with van der Waals surface area (Å²) < 4.78 is 16.2. The summed E-state index contributed by atoms with van der Waals surface area (Å²) in [7, 11) is 0. The highest BCUT2D eigenvalue weighted by atomic mass is 16.7. The fourth-order valence-electron chi connectivity index (χ4n) is 4.67. The molecule has 0 atom stereocenters. The van der Waals surface area contributed by atoms with Crippen molar-refractivity contribution in [3.8, 4) is 0 Å². The number of hydrogen-bond donors (Lipinski definition) is 0. The van der Waals surface area contributed by atoms with Gasteiger partial charge < -0.3 is 14.2 Å². The molecule has 0 aromatic carbocycles. The average Bonchev–Trinajstić information content (AvgIpc) is 2.99. The Balaban J connectivity index is 0. The second kappa shape index (κ2) is 43.8. The summed E-state index contributed by atoms with van der Waals surface area (Å²) in [5, 5.41) is 0. The molecule has 0 heterocycles. The lowest BCUT2D eigenvalue weighted by molar-refractivity contribution is -0.131. The van der Waals surface area contributed by atoms with Gasteiger partial charge >= 0.3 is 0 Å². The maximum Gasteiger partial charge on any atom is 0.149 e. The summed E-state index contributed by atoms with van der Waals surface area (Å²) in [5.41, 5.74) is 0. The van der Waals surface area contributed by atoms with Crippen LogP contribution in [0.3, 0.4) is 0 Å². The largest absolute Gasteiger partial charge is 0.355 e. The molecular weight excluding hydrogens is 504 g/mol. The molecule has 3 heteroatoms. The second-order valence-electron chi connectivity index (χ2n) is 11.7. The number of unbranched alkanes of at least 4 members (excludes halogenated alkanes) is 21. The van der Waals surface area contributed by atoms with Crippen molar-refractivity contribution in [3.05, 3.63) is 24.3 Å². The van der Waals surface area contributed by atoms with Crippen molar-refractivity contribution in [1.29, 1.82) is 0 Å². The van der Waals surface area contributed by atoms with Gasteiger partial charge in [0.15, 0.2) is 0 Å². The first-order chi connectivity index (χ1) is 20.3. The third kappa shape index (κ3) is 46.5. The topological polar surface area (TPSA) is 27.7 Å². The zero-order valence-electron chi connectivity index (χ0n) is 28.7. The normalized spacial score (nSPS) is 11.5. The molecular formula is C38H76O3. The average molecular weight is 581 g/mol. The van der Waals surface area contributed by atoms with E-state index in [9.17, 15) is 0 Å². The molecule has 0 saturated carbocycles. The number of hydrogen-bond acceptors (Lipinski definition) is 3. The van der Waals surface area contributed by atoms with Crippen LogP contribution in [0.25, 0.3) is 0 Å². The van der Waals surface area contributed by atoms with Gasteiger partial charge in [-0.05, 0) is 51.4 Å². The molecule has 0 saturated heterocycles. The standard InChI is InChI=1S/C20H42O3.C18H34/c1-3-5-7-9-11-13-15-17-21-19-23-20-22-18-16-14-12-10-8-6-4-2;1-3-5-7-9-11-13-15-17-18-16-14-12-10-8-6-4-2/h3-20H2,1-2H3;5,7,10,12H,3-4,6,8-9,11,13-18H2,1-2H3/b;7-5+,12-10-. The van der Waals surface area contributed by atoms with Crippen molar-refractivity contribution in [2.24, 2.45) is 0 Å². The van der Waals surface area contributed by atoms with Crippen molar-refractivity contribution >= 4 is 0 Å². The highest BCUT2D eigenvalue weighted by Gasteiger charge is 1.94. The molecule has 0 bridgehead atoms. The Morgan fingerprint density at radius 2 is 0.659 bits per heavy atom. The lowest BCUT2D eigenvalue weighted by Gasteiger charge is -2.07. The maximum absolute atomic E-state index is 5.44. The monoisotopic (exact) mass is 581 g/mol. The van der Waals surface area contributed by atoms with Crippen LogP contribution in [-0.2, 0) is 14.2 Å². The molecule has 0 amide bonds. The number of allylic oxidation sites excluding steroid dienone is 4. The van der Waals surface area contributed by atoms with E-state index in [4.69, 9.17) is 14.2 Å². The van der Waals surface area contributed by atoms with E-state index in [2.05, 4.69) is 52.0 Å². The molecule has 0 unspecified atom stereocenters. The fourth-order valence-corrected chi connectivity index (χ4v) is 4.67. The Morgan fingerprint density at radius 1 is 0.317 bits per heavy atom. The van der Waals surface area contributed by atoms with Gasteiger partial charge in [0.05, 0.1) is 0 Å². The molecule has 0 aliphatic carbocycles. The first-order valence-corrected chi connectivity index (χ1v) is 18.4. The molecule has 3 nitrogen and oxygen atoms in total. The predicted octanol–water partition coefficient (Wildman–Crippen LogP) is 13.3. The first kappa shape index (κ1) is 42.5. The lowest BCUT2D eigenvalue weighted by atomic mass is 10.1. The molecule has 0 aliphatic rings. The molecule has 0 aromatic rings. The van der Waals surface area contributed by atoms with E-state index in [0.717, 1.165) is 26.1 Å². The van der Waals surface area contributed by atoms with Gasteiger partial charge in [-0.2, -0.15) is 0 Å². The van der Waals surface area contributed by atoms with Crippen LogP contribution < -0.4 is 0 Å². The minimum Gasteiger partial charge on any atom is -0.355 e. The van der Waals surface area contributed by atoms with Gasteiger partial charge in [0, 0.05) is 13.2 Å². The molecule has 0 aromatic heterocycles. The summed E-state index contributed by atoms with van der Waals surface area (Å²) in [5.74, 6) is 0. The van der Waals surface area contributed by atoms with E-state index in [0.29, 0.717) is 13.6 Å². The first-order valence-electron chi connectivity index (χ1n) is 18.4. The lowest BCUT2D eigenvalue weighted by Crippen LogP contribution is -2.06. The van der Waals surface area contributed by atoms with Gasteiger partial charge in [-0.25, -0.2) is 0 Å². The van der Waals surface area contributed by atoms with Crippen molar-refractivity contribution in [2.45, 2.75) is 195 Å². The highest BCUT2D eigenvalue weighted by molar-refractivity contribution is 4.81. The quantitative estimate of drug-likeness (QED) is 0.0439. The van der Waals surface area contributed by atoms with Gasteiger partial charge in [0.25, 0.3) is 0 Å². The maximum atomic E-state index is 5.44.